The van der Waals surface area contributed by atoms with Gasteiger partial charge in [-0.1, -0.05) is 26.7 Å². The van der Waals surface area contributed by atoms with Crippen LogP contribution >= 0.6 is 0 Å². The SMILES string of the molecule is CCCC(CCC)(C(=O)O)C(C(=O)O)S(=O)(=O)O. The molecule has 8 heteroatoms. The molecular formula is C10H18O7S. The Morgan fingerprint density at radius 3 is 1.67 bits per heavy atom. The summed E-state index contributed by atoms with van der Waals surface area (Å²) in [5.74, 6) is -3.36. The smallest absolute Gasteiger partial charge is 0.325 e. The summed E-state index contributed by atoms with van der Waals surface area (Å²) in [4.78, 5) is 22.4. The molecule has 0 rings (SSSR count). The second-order valence-electron chi connectivity index (χ2n) is 4.19. The summed E-state index contributed by atoms with van der Waals surface area (Å²) in [6, 6.07) is 0. The summed E-state index contributed by atoms with van der Waals surface area (Å²) in [5, 5.41) is 15.8. The Hall–Kier alpha value is -1.15. The van der Waals surface area contributed by atoms with Gasteiger partial charge in [0.05, 0.1) is 5.41 Å². The quantitative estimate of drug-likeness (QED) is 0.566. The fourth-order valence-electron chi connectivity index (χ4n) is 2.25. The number of carboxylic acids is 2. The summed E-state index contributed by atoms with van der Waals surface area (Å²) < 4.78 is 31.4. The van der Waals surface area contributed by atoms with Crippen molar-refractivity contribution in [3.63, 3.8) is 0 Å². The van der Waals surface area contributed by atoms with E-state index in [1.54, 1.807) is 13.8 Å². The van der Waals surface area contributed by atoms with Crippen molar-refractivity contribution in [2.75, 3.05) is 0 Å². The molecule has 0 aromatic rings. The third kappa shape index (κ3) is 3.42. The van der Waals surface area contributed by atoms with E-state index < -0.39 is 32.7 Å². The van der Waals surface area contributed by atoms with Crippen LogP contribution in [0.1, 0.15) is 39.5 Å². The van der Waals surface area contributed by atoms with Gasteiger partial charge in [0.2, 0.25) is 0 Å². The molecule has 0 aliphatic carbocycles. The maximum absolute atomic E-state index is 11.4. The monoisotopic (exact) mass is 282 g/mol. The van der Waals surface area contributed by atoms with E-state index in [0.717, 1.165) is 0 Å². The van der Waals surface area contributed by atoms with Gasteiger partial charge in [-0.25, -0.2) is 0 Å². The highest BCUT2D eigenvalue weighted by atomic mass is 32.2. The number of carboxylic acid groups (broad SMARTS) is 2. The maximum Gasteiger partial charge on any atom is 0.325 e. The Morgan fingerprint density at radius 2 is 1.50 bits per heavy atom. The molecule has 106 valence electrons. The standard InChI is InChI=1S/C10H18O7S/c1-3-5-10(6-4-2,9(13)14)7(8(11)12)18(15,16)17/h7H,3-6H2,1-2H3,(H,11,12)(H,13,14)(H,15,16,17). The van der Waals surface area contributed by atoms with Crippen LogP contribution in [-0.4, -0.2) is 40.4 Å². The van der Waals surface area contributed by atoms with E-state index in [9.17, 15) is 23.1 Å². The normalized spacial score (nSPS) is 14.2. The second kappa shape index (κ2) is 6.14. The minimum Gasteiger partial charge on any atom is -0.481 e. The topological polar surface area (TPSA) is 129 Å². The Kier molecular flexibility index (Phi) is 5.75. The van der Waals surface area contributed by atoms with Gasteiger partial charge < -0.3 is 10.2 Å². The van der Waals surface area contributed by atoms with Crippen molar-refractivity contribution in [2.24, 2.45) is 5.41 Å². The van der Waals surface area contributed by atoms with Crippen molar-refractivity contribution < 1.29 is 32.8 Å². The van der Waals surface area contributed by atoms with Crippen LogP contribution in [0.3, 0.4) is 0 Å². The van der Waals surface area contributed by atoms with Crippen molar-refractivity contribution in [1.82, 2.24) is 0 Å². The molecule has 0 aromatic heterocycles. The Labute approximate surface area is 106 Å². The third-order valence-electron chi connectivity index (χ3n) is 2.84. The third-order valence-corrected chi connectivity index (χ3v) is 4.09. The van der Waals surface area contributed by atoms with E-state index in [2.05, 4.69) is 0 Å². The second-order valence-corrected chi connectivity index (χ2v) is 5.70. The lowest BCUT2D eigenvalue weighted by atomic mass is 9.76. The van der Waals surface area contributed by atoms with Crippen molar-refractivity contribution in [3.8, 4) is 0 Å². The fraction of sp³-hybridized carbons (Fsp3) is 0.800. The zero-order chi connectivity index (χ0) is 14.6. The zero-order valence-electron chi connectivity index (χ0n) is 10.3. The van der Waals surface area contributed by atoms with Crippen molar-refractivity contribution in [1.29, 1.82) is 0 Å². The Bertz CT molecular complexity index is 406. The first-order valence-corrected chi connectivity index (χ1v) is 7.06. The number of hydrogen-bond acceptors (Lipinski definition) is 4. The molecule has 0 heterocycles. The zero-order valence-corrected chi connectivity index (χ0v) is 11.1. The molecule has 18 heavy (non-hydrogen) atoms. The van der Waals surface area contributed by atoms with E-state index in [0.29, 0.717) is 12.8 Å². The summed E-state index contributed by atoms with van der Waals surface area (Å²) in [5.41, 5.74) is -2.00. The van der Waals surface area contributed by atoms with E-state index in [4.69, 9.17) is 9.66 Å². The highest BCUT2D eigenvalue weighted by Crippen LogP contribution is 2.38. The Morgan fingerprint density at radius 1 is 1.11 bits per heavy atom. The molecule has 3 N–H and O–H groups in total. The van der Waals surface area contributed by atoms with Gasteiger partial charge in [0, 0.05) is 0 Å². The fourth-order valence-corrected chi connectivity index (χ4v) is 3.42. The lowest BCUT2D eigenvalue weighted by Crippen LogP contribution is -2.51. The molecule has 0 aromatic carbocycles. The van der Waals surface area contributed by atoms with E-state index in [1.165, 1.54) is 0 Å². The lowest BCUT2D eigenvalue weighted by molar-refractivity contribution is -0.156. The molecule has 0 amide bonds. The van der Waals surface area contributed by atoms with Crippen molar-refractivity contribution >= 4 is 22.1 Å². The summed E-state index contributed by atoms with van der Waals surface area (Å²) in [6.45, 7) is 3.24. The summed E-state index contributed by atoms with van der Waals surface area (Å²) >= 11 is 0. The predicted octanol–water partition coefficient (Wildman–Crippen LogP) is 0.999. The van der Waals surface area contributed by atoms with E-state index in [-0.39, 0.29) is 12.8 Å². The van der Waals surface area contributed by atoms with Gasteiger partial charge in [-0.2, -0.15) is 8.42 Å². The van der Waals surface area contributed by atoms with Crippen molar-refractivity contribution in [3.05, 3.63) is 0 Å². The Balaban J connectivity index is 5.92. The molecular weight excluding hydrogens is 264 g/mol. The lowest BCUT2D eigenvalue weighted by Gasteiger charge is -2.32. The number of carbonyl (C=O) groups is 2. The first-order chi connectivity index (χ1) is 8.13. The van der Waals surface area contributed by atoms with Crippen LogP contribution in [0.4, 0.5) is 0 Å². The van der Waals surface area contributed by atoms with Gasteiger partial charge in [-0.05, 0) is 12.8 Å². The van der Waals surface area contributed by atoms with E-state index in [1.807, 2.05) is 0 Å². The molecule has 1 unspecified atom stereocenters. The summed E-state index contributed by atoms with van der Waals surface area (Å²) in [6.07, 6.45) is 0.330. The average molecular weight is 282 g/mol. The van der Waals surface area contributed by atoms with Gasteiger partial charge in [0.15, 0.2) is 5.25 Å². The van der Waals surface area contributed by atoms with Crippen LogP contribution in [0.5, 0.6) is 0 Å². The molecule has 1 atom stereocenters. The molecule has 0 aliphatic rings. The maximum atomic E-state index is 11.4. The highest BCUT2D eigenvalue weighted by Gasteiger charge is 2.54. The van der Waals surface area contributed by atoms with Gasteiger partial charge in [0.25, 0.3) is 10.1 Å². The van der Waals surface area contributed by atoms with Gasteiger partial charge in [-0.3, -0.25) is 14.1 Å². The first kappa shape index (κ1) is 16.9. The highest BCUT2D eigenvalue weighted by molar-refractivity contribution is 7.87. The van der Waals surface area contributed by atoms with Gasteiger partial charge in [-0.15, -0.1) is 0 Å². The van der Waals surface area contributed by atoms with Crippen LogP contribution in [0, 0.1) is 5.41 Å². The van der Waals surface area contributed by atoms with E-state index >= 15 is 0 Å². The molecule has 0 spiro atoms. The van der Waals surface area contributed by atoms with Crippen LogP contribution in [0.2, 0.25) is 0 Å². The molecule has 0 saturated heterocycles. The van der Waals surface area contributed by atoms with Gasteiger partial charge >= 0.3 is 11.9 Å². The minimum absolute atomic E-state index is 0.132. The molecule has 0 fully saturated rings. The van der Waals surface area contributed by atoms with Gasteiger partial charge in [0.1, 0.15) is 0 Å². The van der Waals surface area contributed by atoms with Crippen LogP contribution < -0.4 is 0 Å². The minimum atomic E-state index is -4.99. The number of aliphatic carboxylic acids is 2. The molecule has 0 radical (unpaired) electrons. The van der Waals surface area contributed by atoms with Crippen LogP contribution in [-0.2, 0) is 19.7 Å². The van der Waals surface area contributed by atoms with Crippen molar-refractivity contribution in [2.45, 2.75) is 44.8 Å². The molecule has 0 saturated carbocycles. The first-order valence-electron chi connectivity index (χ1n) is 5.56. The van der Waals surface area contributed by atoms with Crippen LogP contribution in [0.15, 0.2) is 0 Å². The molecule has 7 nitrogen and oxygen atoms in total. The summed E-state index contributed by atoms with van der Waals surface area (Å²) in [7, 11) is -4.99. The molecule has 0 bridgehead atoms. The largest absolute Gasteiger partial charge is 0.481 e. The molecule has 0 aliphatic heterocycles. The van der Waals surface area contributed by atoms with Crippen LogP contribution in [0.25, 0.3) is 0 Å². The number of rotatable bonds is 8. The number of hydrogen-bond donors (Lipinski definition) is 3. The predicted molar refractivity (Wildman–Crippen MR) is 62.9 cm³/mol. The average Bonchev–Trinajstić information content (AvgIpc) is 2.14.